The number of anilines is 1. The summed E-state index contributed by atoms with van der Waals surface area (Å²) in [6.45, 7) is 0. The van der Waals surface area contributed by atoms with Crippen LogP contribution in [-0.2, 0) is 10.1 Å². The molecule has 3 N–H and O–H groups in total. The van der Waals surface area contributed by atoms with Crippen LogP contribution < -0.4 is 35.3 Å². The van der Waals surface area contributed by atoms with Gasteiger partial charge in [0.1, 0.15) is 10.6 Å². The third kappa shape index (κ3) is 4.45. The molecule has 3 aromatic carbocycles. The molecular formula is C16H12BrClN3NaO3S. The molecule has 0 amide bonds. The largest absolute Gasteiger partial charge is 1.00 e. The molecule has 3 aromatic rings. The molecule has 6 nitrogen and oxygen atoms in total. The van der Waals surface area contributed by atoms with Crippen molar-refractivity contribution in [3.8, 4) is 0 Å². The summed E-state index contributed by atoms with van der Waals surface area (Å²) in [7, 11) is -4.45. The van der Waals surface area contributed by atoms with Gasteiger partial charge in [-0.15, -0.1) is 10.2 Å². The summed E-state index contributed by atoms with van der Waals surface area (Å²) >= 11 is 9.20. The van der Waals surface area contributed by atoms with Crippen LogP contribution >= 0.6 is 27.5 Å². The number of benzene rings is 3. The van der Waals surface area contributed by atoms with Gasteiger partial charge in [-0.2, -0.15) is 8.42 Å². The number of rotatable bonds is 3. The molecular weight excluding hydrogens is 453 g/mol. The van der Waals surface area contributed by atoms with Gasteiger partial charge in [0, 0.05) is 20.3 Å². The van der Waals surface area contributed by atoms with Gasteiger partial charge in [0.25, 0.3) is 10.1 Å². The van der Waals surface area contributed by atoms with Gasteiger partial charge in [-0.05, 0) is 40.2 Å². The summed E-state index contributed by atoms with van der Waals surface area (Å²) in [6, 6.07) is 12.7. The molecule has 26 heavy (non-hydrogen) atoms. The second kappa shape index (κ2) is 8.35. The Morgan fingerprint density at radius 1 is 1.04 bits per heavy atom. The molecule has 0 unspecified atom stereocenters. The van der Waals surface area contributed by atoms with Crippen molar-refractivity contribution in [1.29, 1.82) is 0 Å². The van der Waals surface area contributed by atoms with E-state index in [2.05, 4.69) is 26.2 Å². The molecule has 0 spiro atoms. The summed E-state index contributed by atoms with van der Waals surface area (Å²) in [4.78, 5) is -0.276. The summed E-state index contributed by atoms with van der Waals surface area (Å²) in [5, 5.41) is 9.42. The number of halogens is 2. The third-order valence-corrected chi connectivity index (χ3v) is 5.24. The van der Waals surface area contributed by atoms with Crippen molar-refractivity contribution in [3.05, 3.63) is 58.0 Å². The van der Waals surface area contributed by atoms with Crippen LogP contribution in [0.1, 0.15) is 1.43 Å². The quantitative estimate of drug-likeness (QED) is 0.269. The van der Waals surface area contributed by atoms with Crippen LogP contribution in [0.5, 0.6) is 0 Å². The summed E-state index contributed by atoms with van der Waals surface area (Å²) < 4.78 is 33.5. The first-order valence-corrected chi connectivity index (χ1v) is 9.54. The van der Waals surface area contributed by atoms with Gasteiger partial charge in [-0.3, -0.25) is 4.55 Å². The second-order valence-corrected chi connectivity index (χ2v) is 7.80. The topological polar surface area (TPSA) is 105 Å². The van der Waals surface area contributed by atoms with Crippen LogP contribution in [0.4, 0.5) is 17.1 Å². The van der Waals surface area contributed by atoms with Crippen molar-refractivity contribution in [2.24, 2.45) is 10.2 Å². The van der Waals surface area contributed by atoms with E-state index in [-0.39, 0.29) is 47.3 Å². The number of azo groups is 1. The molecule has 0 atom stereocenters. The monoisotopic (exact) mass is 463 g/mol. The molecule has 130 valence electrons. The van der Waals surface area contributed by atoms with Crippen molar-refractivity contribution in [1.82, 2.24) is 0 Å². The molecule has 0 aliphatic carbocycles. The molecule has 0 bridgehead atoms. The van der Waals surface area contributed by atoms with E-state index in [4.69, 9.17) is 17.3 Å². The minimum absolute atomic E-state index is 0. The van der Waals surface area contributed by atoms with E-state index in [9.17, 15) is 13.0 Å². The molecule has 0 aliphatic heterocycles. The average Bonchev–Trinajstić information content (AvgIpc) is 2.54. The molecule has 0 aliphatic rings. The van der Waals surface area contributed by atoms with Gasteiger partial charge >= 0.3 is 29.6 Å². The van der Waals surface area contributed by atoms with Crippen LogP contribution in [0.25, 0.3) is 10.8 Å². The molecule has 0 radical (unpaired) electrons. The van der Waals surface area contributed by atoms with Crippen LogP contribution in [-0.4, -0.2) is 13.0 Å². The summed E-state index contributed by atoms with van der Waals surface area (Å²) in [6.07, 6.45) is 0. The second-order valence-electron chi connectivity index (χ2n) is 5.12. The maximum atomic E-state index is 11.7. The number of hydrogen-bond acceptors (Lipinski definition) is 5. The maximum Gasteiger partial charge on any atom is 1.00 e. The van der Waals surface area contributed by atoms with E-state index >= 15 is 0 Å². The van der Waals surface area contributed by atoms with Crippen LogP contribution in [0.2, 0.25) is 5.02 Å². The first-order chi connectivity index (χ1) is 11.8. The van der Waals surface area contributed by atoms with E-state index in [1.165, 1.54) is 6.07 Å². The van der Waals surface area contributed by atoms with Gasteiger partial charge in [0.15, 0.2) is 0 Å². The number of fused-ring (bicyclic) bond motifs is 1. The van der Waals surface area contributed by atoms with E-state index < -0.39 is 10.1 Å². The Morgan fingerprint density at radius 3 is 2.27 bits per heavy atom. The first-order valence-electron chi connectivity index (χ1n) is 6.93. The van der Waals surface area contributed by atoms with Crippen LogP contribution in [0.3, 0.4) is 0 Å². The van der Waals surface area contributed by atoms with Gasteiger partial charge in [-0.25, -0.2) is 0 Å². The van der Waals surface area contributed by atoms with E-state index in [0.29, 0.717) is 26.0 Å². The predicted molar refractivity (Wildman–Crippen MR) is 103 cm³/mol. The number of nitrogen functional groups attached to an aromatic ring is 1. The Kier molecular flexibility index (Phi) is 6.84. The van der Waals surface area contributed by atoms with Gasteiger partial charge in [0.05, 0.1) is 11.4 Å². The minimum Gasteiger partial charge on any atom is -1.00 e. The van der Waals surface area contributed by atoms with E-state index in [1.54, 1.807) is 42.5 Å². The number of hydrogen-bond donors (Lipinski definition) is 2. The van der Waals surface area contributed by atoms with Crippen molar-refractivity contribution in [2.75, 3.05) is 5.73 Å². The van der Waals surface area contributed by atoms with Crippen molar-refractivity contribution in [2.45, 2.75) is 4.90 Å². The zero-order valence-corrected chi connectivity index (χ0v) is 18.7. The van der Waals surface area contributed by atoms with Crippen molar-refractivity contribution < 1.29 is 44.0 Å². The summed E-state index contributed by atoms with van der Waals surface area (Å²) in [5.41, 5.74) is 6.98. The van der Waals surface area contributed by atoms with Crippen LogP contribution in [0.15, 0.2) is 68.1 Å². The first kappa shape index (κ1) is 21.3. The smallest absolute Gasteiger partial charge is 1.00 e. The molecule has 0 aromatic heterocycles. The van der Waals surface area contributed by atoms with Crippen LogP contribution in [0, 0.1) is 0 Å². The van der Waals surface area contributed by atoms with Crippen molar-refractivity contribution >= 4 is 65.5 Å². The van der Waals surface area contributed by atoms with Gasteiger partial charge in [-0.1, -0.05) is 35.9 Å². The average molecular weight is 465 g/mol. The number of nitrogens with two attached hydrogens (primary N) is 1. The normalized spacial score (nSPS) is 11.7. The fourth-order valence-electron chi connectivity index (χ4n) is 2.32. The van der Waals surface area contributed by atoms with Crippen molar-refractivity contribution in [3.63, 3.8) is 0 Å². The predicted octanol–water partition coefficient (Wildman–Crippen LogP) is 2.62. The molecule has 0 fully saturated rings. The Balaban J connectivity index is 0.00000182. The Bertz CT molecular complexity index is 1130. The zero-order chi connectivity index (χ0) is 18.2. The Hall–Kier alpha value is -1.000. The van der Waals surface area contributed by atoms with Gasteiger partial charge < -0.3 is 7.16 Å². The molecule has 0 heterocycles. The third-order valence-electron chi connectivity index (χ3n) is 3.48. The molecule has 3 rings (SSSR count). The minimum atomic E-state index is -4.45. The van der Waals surface area contributed by atoms with Gasteiger partial charge in [0.2, 0.25) is 0 Å². The fourth-order valence-corrected chi connectivity index (χ4v) is 3.80. The summed E-state index contributed by atoms with van der Waals surface area (Å²) in [5.74, 6) is 0. The molecule has 0 saturated heterocycles. The number of nitrogens with zero attached hydrogens (tertiary/aromatic N) is 2. The Morgan fingerprint density at radius 2 is 1.65 bits per heavy atom. The molecule has 0 saturated carbocycles. The molecule has 10 heteroatoms. The standard InChI is InChI=1S/C16H11BrClN3O3S.Na.H/c17-12-7-9(18)5-6-13(12)20-21-14-8-15(25(22,23)24)10-3-1-2-4-11(10)16(14)19;;/h1-8H,19H2,(H,22,23,24);;/q;+1;-1. The zero-order valence-electron chi connectivity index (χ0n) is 14.5. The van der Waals surface area contributed by atoms with E-state index in [1.807, 2.05) is 0 Å². The SMILES string of the molecule is Nc1c(N=Nc2ccc(Cl)cc2Br)cc(S(=O)(=O)O)c2ccccc12.[H-].[Na+]. The fraction of sp³-hybridized carbons (Fsp3) is 0. The Labute approximate surface area is 187 Å². The van der Waals surface area contributed by atoms with E-state index in [0.717, 1.165) is 0 Å². The maximum absolute atomic E-state index is 11.7.